The minimum Gasteiger partial charge on any atom is -0.459 e. The van der Waals surface area contributed by atoms with Gasteiger partial charge in [-0.2, -0.15) is 0 Å². The highest BCUT2D eigenvalue weighted by atomic mass is 19.1. The van der Waals surface area contributed by atoms with Crippen molar-refractivity contribution < 1.29 is 13.9 Å². The minimum absolute atomic E-state index is 0.114. The summed E-state index contributed by atoms with van der Waals surface area (Å²) in [5, 5.41) is 0. The number of benzene rings is 1. The monoisotopic (exact) mass is 313 g/mol. The predicted molar refractivity (Wildman–Crippen MR) is 84.5 cm³/mol. The number of halogens is 1. The van der Waals surface area contributed by atoms with Crippen LogP contribution in [0.2, 0.25) is 0 Å². The Hall–Kier alpha value is -2.76. The maximum Gasteiger partial charge on any atom is 0.341 e. The Morgan fingerprint density at radius 2 is 2.09 bits per heavy atom. The number of hydrogen-bond donors (Lipinski definition) is 0. The summed E-state index contributed by atoms with van der Waals surface area (Å²) in [6.45, 7) is 3.43. The van der Waals surface area contributed by atoms with Crippen LogP contribution in [0.5, 0.6) is 0 Å². The van der Waals surface area contributed by atoms with Gasteiger partial charge >= 0.3 is 5.97 Å². The SMILES string of the molecule is CC(C)OC(=O)c1cc2nc(-c3ccccn3)n(C)c2cc1F. The molecule has 0 aliphatic heterocycles. The molecule has 0 amide bonds. The van der Waals surface area contributed by atoms with Crippen molar-refractivity contribution in [1.29, 1.82) is 0 Å². The molecule has 0 bridgehead atoms. The fraction of sp³-hybridized carbons (Fsp3) is 0.235. The van der Waals surface area contributed by atoms with E-state index in [2.05, 4.69) is 9.97 Å². The number of ether oxygens (including phenoxy) is 1. The van der Waals surface area contributed by atoms with Crippen molar-refractivity contribution in [3.8, 4) is 11.5 Å². The van der Waals surface area contributed by atoms with Crippen molar-refractivity contribution in [2.75, 3.05) is 0 Å². The van der Waals surface area contributed by atoms with Crippen molar-refractivity contribution in [1.82, 2.24) is 14.5 Å². The van der Waals surface area contributed by atoms with Gasteiger partial charge < -0.3 is 9.30 Å². The van der Waals surface area contributed by atoms with E-state index < -0.39 is 11.8 Å². The van der Waals surface area contributed by atoms with Crippen molar-refractivity contribution >= 4 is 17.0 Å². The number of carbonyl (C=O) groups excluding carboxylic acids is 1. The van der Waals surface area contributed by atoms with Gasteiger partial charge in [0, 0.05) is 19.3 Å². The van der Waals surface area contributed by atoms with E-state index >= 15 is 0 Å². The van der Waals surface area contributed by atoms with Crippen molar-refractivity contribution in [3.05, 3.63) is 47.9 Å². The fourth-order valence-electron chi connectivity index (χ4n) is 2.37. The van der Waals surface area contributed by atoms with Crippen LogP contribution in [-0.2, 0) is 11.8 Å². The summed E-state index contributed by atoms with van der Waals surface area (Å²) >= 11 is 0. The zero-order valence-electron chi connectivity index (χ0n) is 13.1. The van der Waals surface area contributed by atoms with E-state index in [1.807, 2.05) is 18.2 Å². The third-order valence-electron chi connectivity index (χ3n) is 3.43. The third-order valence-corrected chi connectivity index (χ3v) is 3.43. The molecule has 23 heavy (non-hydrogen) atoms. The Bertz CT molecular complexity index is 872. The molecule has 0 radical (unpaired) electrons. The smallest absolute Gasteiger partial charge is 0.341 e. The molecule has 0 aliphatic carbocycles. The lowest BCUT2D eigenvalue weighted by atomic mass is 10.2. The Labute approximate surface area is 132 Å². The number of imidazole rings is 1. The van der Waals surface area contributed by atoms with Gasteiger partial charge in [-0.15, -0.1) is 0 Å². The van der Waals surface area contributed by atoms with Crippen LogP contribution in [0.25, 0.3) is 22.6 Å². The van der Waals surface area contributed by atoms with Crippen LogP contribution in [0.1, 0.15) is 24.2 Å². The molecule has 0 saturated carbocycles. The molecule has 0 N–H and O–H groups in total. The lowest BCUT2D eigenvalue weighted by Crippen LogP contribution is -2.13. The van der Waals surface area contributed by atoms with E-state index in [0.29, 0.717) is 22.6 Å². The first-order chi connectivity index (χ1) is 11.0. The topological polar surface area (TPSA) is 57.0 Å². The molecule has 0 saturated heterocycles. The number of hydrogen-bond acceptors (Lipinski definition) is 4. The molecule has 0 aliphatic rings. The largest absolute Gasteiger partial charge is 0.459 e. The van der Waals surface area contributed by atoms with Gasteiger partial charge in [0.2, 0.25) is 0 Å². The molecule has 5 nitrogen and oxygen atoms in total. The summed E-state index contributed by atoms with van der Waals surface area (Å²) in [6.07, 6.45) is 1.35. The van der Waals surface area contributed by atoms with E-state index in [4.69, 9.17) is 4.74 Å². The molecule has 2 heterocycles. The van der Waals surface area contributed by atoms with Gasteiger partial charge in [-0.3, -0.25) is 4.98 Å². The zero-order chi connectivity index (χ0) is 16.6. The highest BCUT2D eigenvalue weighted by molar-refractivity contribution is 5.94. The number of nitrogens with zero attached hydrogens (tertiary/aromatic N) is 3. The number of rotatable bonds is 3. The number of esters is 1. The minimum atomic E-state index is -0.690. The van der Waals surface area contributed by atoms with Gasteiger partial charge in [-0.1, -0.05) is 6.07 Å². The van der Waals surface area contributed by atoms with Gasteiger partial charge in [0.15, 0.2) is 5.82 Å². The maximum absolute atomic E-state index is 14.3. The molecular weight excluding hydrogens is 297 g/mol. The Balaban J connectivity index is 2.12. The van der Waals surface area contributed by atoms with Crippen LogP contribution >= 0.6 is 0 Å². The molecule has 3 rings (SSSR count). The second-order valence-corrected chi connectivity index (χ2v) is 5.48. The van der Waals surface area contributed by atoms with Gasteiger partial charge in [-0.05, 0) is 32.0 Å². The first-order valence-corrected chi connectivity index (χ1v) is 7.25. The average molecular weight is 313 g/mol. The van der Waals surface area contributed by atoms with E-state index in [1.54, 1.807) is 31.7 Å². The summed E-state index contributed by atoms with van der Waals surface area (Å²) in [4.78, 5) is 20.7. The highest BCUT2D eigenvalue weighted by Gasteiger charge is 2.19. The van der Waals surface area contributed by atoms with Gasteiger partial charge in [0.1, 0.15) is 11.5 Å². The molecule has 3 aromatic rings. The number of pyridine rings is 1. The summed E-state index contributed by atoms with van der Waals surface area (Å²) in [7, 11) is 1.78. The summed E-state index contributed by atoms with van der Waals surface area (Å²) < 4.78 is 21.1. The summed E-state index contributed by atoms with van der Waals surface area (Å²) in [6, 6.07) is 8.21. The van der Waals surface area contributed by atoms with Gasteiger partial charge in [-0.25, -0.2) is 14.2 Å². The molecule has 118 valence electrons. The highest BCUT2D eigenvalue weighted by Crippen LogP contribution is 2.25. The second kappa shape index (κ2) is 5.79. The first-order valence-electron chi connectivity index (χ1n) is 7.25. The number of aryl methyl sites for hydroxylation is 1. The molecular formula is C17H16FN3O2. The molecule has 0 fully saturated rings. The summed E-state index contributed by atoms with van der Waals surface area (Å²) in [5.41, 5.74) is 1.67. The standard InChI is InChI=1S/C17H16FN3O2/c1-10(2)23-17(22)11-8-14-15(9-12(11)18)21(3)16(20-14)13-6-4-5-7-19-13/h4-10H,1-3H3. The van der Waals surface area contributed by atoms with Crippen LogP contribution in [0, 0.1) is 5.82 Å². The number of aromatic nitrogens is 3. The maximum atomic E-state index is 14.3. The van der Waals surface area contributed by atoms with Gasteiger partial charge in [0.25, 0.3) is 0 Å². The van der Waals surface area contributed by atoms with E-state index in [0.717, 1.165) is 0 Å². The Kier molecular flexibility index (Phi) is 3.82. The van der Waals surface area contributed by atoms with Crippen LogP contribution in [0.3, 0.4) is 0 Å². The van der Waals surface area contributed by atoms with Crippen LogP contribution in [0.15, 0.2) is 36.5 Å². The first kappa shape index (κ1) is 15.1. The lowest BCUT2D eigenvalue weighted by molar-refractivity contribution is 0.0373. The van der Waals surface area contributed by atoms with Crippen LogP contribution in [-0.4, -0.2) is 26.6 Å². The van der Waals surface area contributed by atoms with Crippen LogP contribution < -0.4 is 0 Å². The predicted octanol–water partition coefficient (Wildman–Crippen LogP) is 3.34. The average Bonchev–Trinajstić information content (AvgIpc) is 2.83. The molecule has 1 aromatic carbocycles. The second-order valence-electron chi connectivity index (χ2n) is 5.48. The van der Waals surface area contributed by atoms with E-state index in [1.165, 1.54) is 12.1 Å². The van der Waals surface area contributed by atoms with Gasteiger partial charge in [0.05, 0.1) is 22.7 Å². The zero-order valence-corrected chi connectivity index (χ0v) is 13.1. The molecule has 0 atom stereocenters. The Morgan fingerprint density at radius 1 is 1.30 bits per heavy atom. The number of carbonyl (C=O) groups is 1. The molecule has 2 aromatic heterocycles. The Morgan fingerprint density at radius 3 is 2.74 bits per heavy atom. The fourth-order valence-corrected chi connectivity index (χ4v) is 2.37. The molecule has 0 unspecified atom stereocenters. The normalized spacial score (nSPS) is 11.2. The quantitative estimate of drug-likeness (QED) is 0.696. The lowest BCUT2D eigenvalue weighted by Gasteiger charge is -2.08. The molecule has 0 spiro atoms. The van der Waals surface area contributed by atoms with Crippen molar-refractivity contribution in [2.24, 2.45) is 7.05 Å². The van der Waals surface area contributed by atoms with Crippen molar-refractivity contribution in [2.45, 2.75) is 20.0 Å². The van der Waals surface area contributed by atoms with Crippen LogP contribution in [0.4, 0.5) is 4.39 Å². The van der Waals surface area contributed by atoms with Crippen molar-refractivity contribution in [3.63, 3.8) is 0 Å². The van der Waals surface area contributed by atoms with E-state index in [9.17, 15) is 9.18 Å². The molecule has 6 heteroatoms. The number of fused-ring (bicyclic) bond motifs is 1. The third kappa shape index (κ3) is 2.79. The van der Waals surface area contributed by atoms with E-state index in [-0.39, 0.29) is 11.7 Å². The summed E-state index contributed by atoms with van der Waals surface area (Å²) in [5.74, 6) is -0.711.